The van der Waals surface area contributed by atoms with Crippen molar-refractivity contribution < 1.29 is 5.11 Å². The van der Waals surface area contributed by atoms with E-state index in [0.29, 0.717) is 5.69 Å². The summed E-state index contributed by atoms with van der Waals surface area (Å²) >= 11 is 3.25. The molecule has 11 heavy (non-hydrogen) atoms. The Balaban J connectivity index is 2.81. The Morgan fingerprint density at radius 1 is 1.64 bits per heavy atom. The first-order chi connectivity index (χ1) is 5.24. The van der Waals surface area contributed by atoms with Crippen LogP contribution in [0.2, 0.25) is 0 Å². The van der Waals surface area contributed by atoms with E-state index >= 15 is 0 Å². The van der Waals surface area contributed by atoms with E-state index in [4.69, 9.17) is 10.8 Å². The summed E-state index contributed by atoms with van der Waals surface area (Å²) < 4.78 is 0.909. The van der Waals surface area contributed by atoms with Crippen molar-refractivity contribution in [3.8, 4) is 0 Å². The molecule has 1 rings (SSSR count). The Bertz CT molecular complexity index is 224. The summed E-state index contributed by atoms with van der Waals surface area (Å²) in [6.07, 6.45) is 1.66. The predicted molar refractivity (Wildman–Crippen MR) is 46.0 cm³/mol. The molecule has 1 unspecified atom stereocenters. The quantitative estimate of drug-likeness (QED) is 0.771. The van der Waals surface area contributed by atoms with Gasteiger partial charge in [-0.25, -0.2) is 0 Å². The Labute approximate surface area is 73.4 Å². The molecule has 1 heterocycles. The SMILES string of the molecule is NC(CO)c1ccc(Br)cn1. The van der Waals surface area contributed by atoms with E-state index in [-0.39, 0.29) is 12.6 Å². The second-order valence-electron chi connectivity index (χ2n) is 2.19. The number of aliphatic hydroxyl groups is 1. The van der Waals surface area contributed by atoms with Crippen molar-refractivity contribution in [3.05, 3.63) is 28.5 Å². The molecule has 0 spiro atoms. The molecule has 1 aromatic rings. The first kappa shape index (κ1) is 8.64. The van der Waals surface area contributed by atoms with Crippen molar-refractivity contribution in [2.45, 2.75) is 6.04 Å². The lowest BCUT2D eigenvalue weighted by Crippen LogP contribution is -2.15. The largest absolute Gasteiger partial charge is 0.394 e. The molecule has 0 aromatic carbocycles. The van der Waals surface area contributed by atoms with Crippen LogP contribution in [0.3, 0.4) is 0 Å². The summed E-state index contributed by atoms with van der Waals surface area (Å²) in [5.41, 5.74) is 6.22. The number of nitrogens with two attached hydrogens (primary N) is 1. The fourth-order valence-electron chi connectivity index (χ4n) is 0.700. The minimum absolute atomic E-state index is 0.0748. The van der Waals surface area contributed by atoms with Crippen molar-refractivity contribution in [1.82, 2.24) is 4.98 Å². The van der Waals surface area contributed by atoms with Crippen LogP contribution in [0.1, 0.15) is 11.7 Å². The minimum Gasteiger partial charge on any atom is -0.394 e. The maximum atomic E-state index is 8.68. The molecule has 0 bridgehead atoms. The number of hydrogen-bond donors (Lipinski definition) is 2. The van der Waals surface area contributed by atoms with Gasteiger partial charge in [0, 0.05) is 10.7 Å². The van der Waals surface area contributed by atoms with E-state index < -0.39 is 0 Å². The molecule has 0 aliphatic heterocycles. The molecule has 0 aliphatic rings. The molecule has 0 saturated heterocycles. The van der Waals surface area contributed by atoms with Crippen LogP contribution in [0.15, 0.2) is 22.8 Å². The average Bonchev–Trinajstić information content (AvgIpc) is 2.05. The Kier molecular flexibility index (Phi) is 2.99. The number of nitrogens with zero attached hydrogens (tertiary/aromatic N) is 1. The van der Waals surface area contributed by atoms with Gasteiger partial charge in [0.05, 0.1) is 18.3 Å². The van der Waals surface area contributed by atoms with E-state index in [1.165, 1.54) is 0 Å². The van der Waals surface area contributed by atoms with Crippen LogP contribution < -0.4 is 5.73 Å². The second kappa shape index (κ2) is 3.80. The van der Waals surface area contributed by atoms with Crippen LogP contribution in [0, 0.1) is 0 Å². The number of halogens is 1. The van der Waals surface area contributed by atoms with Gasteiger partial charge in [-0.15, -0.1) is 0 Å². The zero-order valence-electron chi connectivity index (χ0n) is 5.87. The first-order valence-electron chi connectivity index (χ1n) is 3.22. The molecule has 3 nitrogen and oxygen atoms in total. The fraction of sp³-hybridized carbons (Fsp3) is 0.286. The number of pyridine rings is 1. The Morgan fingerprint density at radius 2 is 2.36 bits per heavy atom. The maximum absolute atomic E-state index is 8.68. The van der Waals surface area contributed by atoms with E-state index in [1.54, 1.807) is 12.3 Å². The molecule has 1 atom stereocenters. The third-order valence-electron chi connectivity index (χ3n) is 1.33. The van der Waals surface area contributed by atoms with E-state index in [9.17, 15) is 0 Å². The lowest BCUT2D eigenvalue weighted by Gasteiger charge is -2.05. The zero-order valence-corrected chi connectivity index (χ0v) is 7.45. The van der Waals surface area contributed by atoms with Crippen molar-refractivity contribution in [2.75, 3.05) is 6.61 Å². The fourth-order valence-corrected chi connectivity index (χ4v) is 0.935. The van der Waals surface area contributed by atoms with Crippen LogP contribution in [0.5, 0.6) is 0 Å². The van der Waals surface area contributed by atoms with Crippen LogP contribution in [0.4, 0.5) is 0 Å². The van der Waals surface area contributed by atoms with Gasteiger partial charge in [-0.3, -0.25) is 4.98 Å². The van der Waals surface area contributed by atoms with Gasteiger partial charge in [-0.1, -0.05) is 0 Å². The smallest absolute Gasteiger partial charge is 0.0704 e. The highest BCUT2D eigenvalue weighted by Crippen LogP contribution is 2.11. The maximum Gasteiger partial charge on any atom is 0.0704 e. The van der Waals surface area contributed by atoms with Crippen LogP contribution in [-0.2, 0) is 0 Å². The van der Waals surface area contributed by atoms with E-state index in [1.807, 2.05) is 6.07 Å². The van der Waals surface area contributed by atoms with Crippen molar-refractivity contribution >= 4 is 15.9 Å². The Hall–Kier alpha value is -0.450. The highest BCUT2D eigenvalue weighted by atomic mass is 79.9. The third kappa shape index (κ3) is 2.25. The van der Waals surface area contributed by atoms with Gasteiger partial charge in [0.2, 0.25) is 0 Å². The van der Waals surface area contributed by atoms with E-state index in [2.05, 4.69) is 20.9 Å². The number of hydrogen-bond acceptors (Lipinski definition) is 3. The topological polar surface area (TPSA) is 59.1 Å². The van der Waals surface area contributed by atoms with Gasteiger partial charge in [0.25, 0.3) is 0 Å². The monoisotopic (exact) mass is 216 g/mol. The van der Waals surface area contributed by atoms with Crippen LogP contribution in [0.25, 0.3) is 0 Å². The highest BCUT2D eigenvalue weighted by Gasteiger charge is 2.03. The normalized spacial score (nSPS) is 13.0. The lowest BCUT2D eigenvalue weighted by atomic mass is 10.2. The van der Waals surface area contributed by atoms with Gasteiger partial charge in [-0.2, -0.15) is 0 Å². The van der Waals surface area contributed by atoms with Crippen molar-refractivity contribution in [1.29, 1.82) is 0 Å². The highest BCUT2D eigenvalue weighted by molar-refractivity contribution is 9.10. The molecule has 1 aromatic heterocycles. The molecule has 0 fully saturated rings. The molecule has 0 radical (unpaired) electrons. The van der Waals surface area contributed by atoms with Gasteiger partial charge < -0.3 is 10.8 Å². The predicted octanol–water partition coefficient (Wildman–Crippen LogP) is 0.836. The van der Waals surface area contributed by atoms with Gasteiger partial charge in [0.15, 0.2) is 0 Å². The molecule has 60 valence electrons. The summed E-state index contributed by atoms with van der Waals surface area (Å²) in [5.74, 6) is 0. The van der Waals surface area contributed by atoms with Crippen LogP contribution in [-0.4, -0.2) is 16.7 Å². The summed E-state index contributed by atoms with van der Waals surface area (Å²) in [6, 6.07) is 3.26. The number of rotatable bonds is 2. The molecular formula is C7H9BrN2O. The molecule has 0 amide bonds. The van der Waals surface area contributed by atoms with Gasteiger partial charge in [0.1, 0.15) is 0 Å². The standard InChI is InChI=1S/C7H9BrN2O/c8-5-1-2-7(10-3-5)6(9)4-11/h1-3,6,11H,4,9H2. The van der Waals surface area contributed by atoms with Crippen molar-refractivity contribution in [2.24, 2.45) is 5.73 Å². The molecule has 0 aliphatic carbocycles. The molecule has 4 heteroatoms. The molecule has 0 saturated carbocycles. The zero-order chi connectivity index (χ0) is 8.27. The van der Waals surface area contributed by atoms with Crippen molar-refractivity contribution in [3.63, 3.8) is 0 Å². The summed E-state index contributed by atoms with van der Waals surface area (Å²) in [6.45, 7) is -0.0748. The number of aliphatic hydroxyl groups excluding tert-OH is 1. The van der Waals surface area contributed by atoms with Gasteiger partial charge in [-0.05, 0) is 28.1 Å². The summed E-state index contributed by atoms with van der Waals surface area (Å²) in [4.78, 5) is 4.02. The molecular weight excluding hydrogens is 208 g/mol. The molecule has 3 N–H and O–H groups in total. The second-order valence-corrected chi connectivity index (χ2v) is 3.11. The van der Waals surface area contributed by atoms with Crippen LogP contribution >= 0.6 is 15.9 Å². The van der Waals surface area contributed by atoms with E-state index in [0.717, 1.165) is 4.47 Å². The van der Waals surface area contributed by atoms with Gasteiger partial charge >= 0.3 is 0 Å². The Morgan fingerprint density at radius 3 is 2.82 bits per heavy atom. The summed E-state index contributed by atoms with van der Waals surface area (Å²) in [5, 5.41) is 8.68. The average molecular weight is 217 g/mol. The third-order valence-corrected chi connectivity index (χ3v) is 1.80. The lowest BCUT2D eigenvalue weighted by molar-refractivity contribution is 0.266. The minimum atomic E-state index is -0.372. The number of aromatic nitrogens is 1. The first-order valence-corrected chi connectivity index (χ1v) is 4.01. The summed E-state index contributed by atoms with van der Waals surface area (Å²) in [7, 11) is 0.